The van der Waals surface area contributed by atoms with Crippen LogP contribution in [0.5, 0.6) is 0 Å². The second-order valence-electron chi connectivity index (χ2n) is 4.16. The standard InChI is InChI=1S/C13H11Br2NO2S/c1-8-6-12(19-13(8)15)10(14)7-9-4-2-3-5-11(9)16(17)18/h2-6,10H,7H2,1H3. The number of alkyl halides is 1. The molecule has 1 aromatic heterocycles. The van der Waals surface area contributed by atoms with Crippen molar-refractivity contribution < 1.29 is 4.92 Å². The molecule has 1 heterocycles. The highest BCUT2D eigenvalue weighted by molar-refractivity contribution is 9.11. The van der Waals surface area contributed by atoms with Crippen LogP contribution in [-0.2, 0) is 6.42 Å². The molecule has 0 amide bonds. The molecule has 0 N–H and O–H groups in total. The molecule has 2 rings (SSSR count). The molecule has 3 nitrogen and oxygen atoms in total. The zero-order valence-electron chi connectivity index (χ0n) is 10.1. The number of benzene rings is 1. The van der Waals surface area contributed by atoms with Crippen molar-refractivity contribution >= 4 is 48.9 Å². The Morgan fingerprint density at radius 3 is 2.68 bits per heavy atom. The Balaban J connectivity index is 2.24. The Labute approximate surface area is 132 Å². The van der Waals surface area contributed by atoms with Gasteiger partial charge >= 0.3 is 0 Å². The highest BCUT2D eigenvalue weighted by Gasteiger charge is 2.18. The van der Waals surface area contributed by atoms with Crippen molar-refractivity contribution in [3.05, 3.63) is 60.2 Å². The third-order valence-electron chi connectivity index (χ3n) is 2.77. The summed E-state index contributed by atoms with van der Waals surface area (Å²) in [4.78, 5) is 11.9. The monoisotopic (exact) mass is 403 g/mol. The fourth-order valence-corrected chi connectivity index (χ4v) is 4.10. The highest BCUT2D eigenvalue weighted by Crippen LogP contribution is 2.38. The van der Waals surface area contributed by atoms with Gasteiger partial charge in [0.05, 0.1) is 13.5 Å². The van der Waals surface area contributed by atoms with E-state index in [4.69, 9.17) is 0 Å². The largest absolute Gasteiger partial charge is 0.272 e. The van der Waals surface area contributed by atoms with Gasteiger partial charge in [0.2, 0.25) is 0 Å². The number of hydrogen-bond acceptors (Lipinski definition) is 3. The minimum Gasteiger partial charge on any atom is -0.258 e. The lowest BCUT2D eigenvalue weighted by molar-refractivity contribution is -0.385. The number of nitro groups is 1. The Bertz CT molecular complexity index is 593. The van der Waals surface area contributed by atoms with Crippen molar-refractivity contribution in [2.75, 3.05) is 0 Å². The average molecular weight is 405 g/mol. The molecule has 0 aliphatic heterocycles. The van der Waals surface area contributed by atoms with Gasteiger partial charge in [0.25, 0.3) is 5.69 Å². The summed E-state index contributed by atoms with van der Waals surface area (Å²) in [6.45, 7) is 2.04. The summed E-state index contributed by atoms with van der Waals surface area (Å²) in [5, 5.41) is 11.0. The van der Waals surface area contributed by atoms with Crippen LogP contribution >= 0.6 is 43.2 Å². The summed E-state index contributed by atoms with van der Waals surface area (Å²) in [7, 11) is 0. The van der Waals surface area contributed by atoms with E-state index in [1.165, 1.54) is 10.4 Å². The smallest absolute Gasteiger partial charge is 0.258 e. The summed E-state index contributed by atoms with van der Waals surface area (Å²) >= 11 is 8.77. The van der Waals surface area contributed by atoms with Gasteiger partial charge in [-0.05, 0) is 40.9 Å². The van der Waals surface area contributed by atoms with Crippen molar-refractivity contribution in [1.29, 1.82) is 0 Å². The maximum absolute atomic E-state index is 11.0. The molecule has 0 radical (unpaired) electrons. The van der Waals surface area contributed by atoms with E-state index in [2.05, 4.69) is 37.9 Å². The molecule has 0 aliphatic rings. The van der Waals surface area contributed by atoms with E-state index in [9.17, 15) is 10.1 Å². The quantitative estimate of drug-likeness (QED) is 0.388. The van der Waals surface area contributed by atoms with Gasteiger partial charge in [-0.3, -0.25) is 10.1 Å². The fourth-order valence-electron chi connectivity index (χ4n) is 1.79. The molecular formula is C13H11Br2NO2S. The summed E-state index contributed by atoms with van der Waals surface area (Å²) in [5.41, 5.74) is 2.11. The molecule has 6 heteroatoms. The minimum atomic E-state index is -0.329. The maximum atomic E-state index is 11.0. The van der Waals surface area contributed by atoms with Crippen LogP contribution in [0, 0.1) is 17.0 Å². The first-order valence-electron chi connectivity index (χ1n) is 5.61. The third kappa shape index (κ3) is 3.43. The molecule has 0 spiro atoms. The van der Waals surface area contributed by atoms with Crippen LogP contribution in [-0.4, -0.2) is 4.92 Å². The van der Waals surface area contributed by atoms with Crippen molar-refractivity contribution in [2.45, 2.75) is 18.2 Å². The number of para-hydroxylation sites is 1. The van der Waals surface area contributed by atoms with Gasteiger partial charge < -0.3 is 0 Å². The molecule has 1 aromatic carbocycles. The number of rotatable bonds is 4. The number of aryl methyl sites for hydroxylation is 1. The van der Waals surface area contributed by atoms with Crippen LogP contribution in [0.2, 0.25) is 0 Å². The van der Waals surface area contributed by atoms with Crippen molar-refractivity contribution in [1.82, 2.24) is 0 Å². The predicted octanol–water partition coefficient (Wildman–Crippen LogP) is 5.41. The van der Waals surface area contributed by atoms with Crippen LogP contribution in [0.4, 0.5) is 5.69 Å². The zero-order valence-corrected chi connectivity index (χ0v) is 14.1. The molecule has 0 saturated heterocycles. The Morgan fingerprint density at radius 2 is 2.11 bits per heavy atom. The summed E-state index contributed by atoms with van der Waals surface area (Å²) < 4.78 is 1.11. The number of hydrogen-bond donors (Lipinski definition) is 0. The van der Waals surface area contributed by atoms with Gasteiger partial charge in [-0.2, -0.15) is 0 Å². The lowest BCUT2D eigenvalue weighted by Gasteiger charge is -2.08. The normalized spacial score (nSPS) is 12.4. The molecule has 0 fully saturated rings. The molecule has 1 unspecified atom stereocenters. The van der Waals surface area contributed by atoms with Gasteiger partial charge in [-0.25, -0.2) is 0 Å². The van der Waals surface area contributed by atoms with Crippen LogP contribution in [0.3, 0.4) is 0 Å². The number of nitrogens with zero attached hydrogens (tertiary/aromatic N) is 1. The van der Waals surface area contributed by atoms with E-state index < -0.39 is 0 Å². The molecule has 0 saturated carbocycles. The van der Waals surface area contributed by atoms with E-state index in [1.54, 1.807) is 23.5 Å². The third-order valence-corrected chi connectivity index (χ3v) is 6.14. The summed E-state index contributed by atoms with van der Waals surface area (Å²) in [6, 6.07) is 8.98. The first-order valence-corrected chi connectivity index (χ1v) is 8.13. The first-order chi connectivity index (χ1) is 8.99. The second kappa shape index (κ2) is 6.15. The Kier molecular flexibility index (Phi) is 4.76. The van der Waals surface area contributed by atoms with Gasteiger partial charge in [0.1, 0.15) is 0 Å². The number of halogens is 2. The van der Waals surface area contributed by atoms with Crippen molar-refractivity contribution in [2.24, 2.45) is 0 Å². The predicted molar refractivity (Wildman–Crippen MR) is 85.2 cm³/mol. The SMILES string of the molecule is Cc1cc(C(Br)Cc2ccccc2[N+](=O)[O-])sc1Br. The minimum absolute atomic E-state index is 0.0867. The van der Waals surface area contributed by atoms with Crippen LogP contribution in [0.25, 0.3) is 0 Å². The van der Waals surface area contributed by atoms with Gasteiger partial charge in [-0.15, -0.1) is 11.3 Å². The van der Waals surface area contributed by atoms with E-state index in [0.717, 1.165) is 9.35 Å². The molecule has 1 atom stereocenters. The molecule has 2 aromatic rings. The van der Waals surface area contributed by atoms with Gasteiger partial charge in [0.15, 0.2) is 0 Å². The lowest BCUT2D eigenvalue weighted by Crippen LogP contribution is -1.98. The van der Waals surface area contributed by atoms with Crippen molar-refractivity contribution in [3.63, 3.8) is 0 Å². The Hall–Kier alpha value is -0.720. The van der Waals surface area contributed by atoms with Crippen LogP contribution in [0.15, 0.2) is 34.1 Å². The number of nitro benzene ring substituents is 1. The second-order valence-corrected chi connectivity index (χ2v) is 7.67. The lowest BCUT2D eigenvalue weighted by atomic mass is 10.1. The van der Waals surface area contributed by atoms with E-state index >= 15 is 0 Å². The van der Waals surface area contributed by atoms with Gasteiger partial charge in [-0.1, -0.05) is 34.1 Å². The van der Waals surface area contributed by atoms with E-state index in [0.29, 0.717) is 6.42 Å². The molecule has 100 valence electrons. The first kappa shape index (κ1) is 14.7. The van der Waals surface area contributed by atoms with Crippen LogP contribution in [0.1, 0.15) is 20.8 Å². The fraction of sp³-hybridized carbons (Fsp3) is 0.231. The molecular weight excluding hydrogens is 394 g/mol. The summed E-state index contributed by atoms with van der Waals surface area (Å²) in [5.74, 6) is 0. The van der Waals surface area contributed by atoms with E-state index in [-0.39, 0.29) is 15.4 Å². The molecule has 0 aliphatic carbocycles. The van der Waals surface area contributed by atoms with Gasteiger partial charge in [0, 0.05) is 16.5 Å². The average Bonchev–Trinajstić information content (AvgIpc) is 2.70. The topological polar surface area (TPSA) is 43.1 Å². The Morgan fingerprint density at radius 1 is 1.42 bits per heavy atom. The van der Waals surface area contributed by atoms with Crippen molar-refractivity contribution in [3.8, 4) is 0 Å². The van der Waals surface area contributed by atoms with Crippen LogP contribution < -0.4 is 0 Å². The molecule has 19 heavy (non-hydrogen) atoms. The number of thiophene rings is 1. The van der Waals surface area contributed by atoms with E-state index in [1.807, 2.05) is 19.1 Å². The maximum Gasteiger partial charge on any atom is 0.272 e. The zero-order chi connectivity index (χ0) is 14.0. The highest BCUT2D eigenvalue weighted by atomic mass is 79.9. The molecule has 0 bridgehead atoms. The summed E-state index contributed by atoms with van der Waals surface area (Å²) in [6.07, 6.45) is 0.601.